The summed E-state index contributed by atoms with van der Waals surface area (Å²) in [6, 6.07) is 0. The molecule has 0 saturated heterocycles. The fourth-order valence-electron chi connectivity index (χ4n) is 1.92. The maximum atomic E-state index is 11.3. The summed E-state index contributed by atoms with van der Waals surface area (Å²) < 4.78 is 6.28. The first-order chi connectivity index (χ1) is 9.06. The van der Waals surface area contributed by atoms with Crippen LogP contribution in [0.3, 0.4) is 0 Å². The Morgan fingerprint density at radius 3 is 2.79 bits per heavy atom. The second kappa shape index (κ2) is 5.52. The van der Waals surface area contributed by atoms with E-state index in [1.807, 2.05) is 0 Å². The van der Waals surface area contributed by atoms with Crippen molar-refractivity contribution >= 4 is 28.6 Å². The van der Waals surface area contributed by atoms with Crippen LogP contribution in [0.15, 0.2) is 0 Å². The lowest BCUT2D eigenvalue weighted by Gasteiger charge is -2.02. The van der Waals surface area contributed by atoms with Crippen molar-refractivity contribution in [3.05, 3.63) is 16.7 Å². The zero-order valence-electron chi connectivity index (χ0n) is 11.1. The molecule has 0 saturated carbocycles. The van der Waals surface area contributed by atoms with E-state index in [4.69, 9.17) is 11.6 Å². The van der Waals surface area contributed by atoms with Crippen molar-refractivity contribution in [2.45, 2.75) is 26.2 Å². The first-order valence-corrected chi connectivity index (χ1v) is 6.39. The number of nitrogens with zero attached hydrogens (tertiary/aromatic N) is 4. The fraction of sp³-hybridized carbons (Fsp3) is 0.500. The molecule has 2 heterocycles. The average molecular weight is 283 g/mol. The van der Waals surface area contributed by atoms with Crippen molar-refractivity contribution in [1.82, 2.24) is 19.7 Å². The molecule has 0 spiro atoms. The largest absolute Gasteiger partial charge is 0.469 e. The van der Waals surface area contributed by atoms with E-state index in [0.29, 0.717) is 22.0 Å². The summed E-state index contributed by atoms with van der Waals surface area (Å²) in [5, 5.41) is 4.70. The number of aryl methyl sites for hydroxylation is 2. The van der Waals surface area contributed by atoms with Crippen LogP contribution >= 0.6 is 11.6 Å². The maximum absolute atomic E-state index is 11.3. The van der Waals surface area contributed by atoms with Crippen molar-refractivity contribution in [1.29, 1.82) is 0 Å². The van der Waals surface area contributed by atoms with Crippen LogP contribution < -0.4 is 0 Å². The van der Waals surface area contributed by atoms with Crippen LogP contribution in [0.1, 0.15) is 24.9 Å². The molecular formula is C12H15ClN4O2. The van der Waals surface area contributed by atoms with Crippen molar-refractivity contribution in [2.75, 3.05) is 7.11 Å². The third-order valence-corrected chi connectivity index (χ3v) is 3.04. The molecule has 2 aromatic heterocycles. The van der Waals surface area contributed by atoms with Crippen LogP contribution in [-0.4, -0.2) is 32.8 Å². The van der Waals surface area contributed by atoms with Gasteiger partial charge in [0.25, 0.3) is 0 Å². The lowest BCUT2D eigenvalue weighted by molar-refractivity contribution is -0.139. The van der Waals surface area contributed by atoms with E-state index in [2.05, 4.69) is 26.7 Å². The summed E-state index contributed by atoms with van der Waals surface area (Å²) in [6.45, 7) is 2.07. The van der Waals surface area contributed by atoms with Gasteiger partial charge in [0, 0.05) is 7.05 Å². The standard InChI is InChI=1S/C12H15ClN4O2/c1-4-5-7-10-11(17(2)16-7)12(13)15-8(14-10)6-9(18)19-3/h4-6H2,1-3H3. The van der Waals surface area contributed by atoms with Gasteiger partial charge in [-0.05, 0) is 6.42 Å². The zero-order valence-corrected chi connectivity index (χ0v) is 11.9. The van der Waals surface area contributed by atoms with E-state index in [0.717, 1.165) is 18.5 Å². The predicted octanol–water partition coefficient (Wildman–Crippen LogP) is 1.68. The normalized spacial score (nSPS) is 10.9. The van der Waals surface area contributed by atoms with Gasteiger partial charge in [-0.1, -0.05) is 24.9 Å². The Hall–Kier alpha value is -1.69. The Balaban J connectivity index is 2.53. The smallest absolute Gasteiger partial charge is 0.313 e. The molecular weight excluding hydrogens is 268 g/mol. The molecule has 6 nitrogen and oxygen atoms in total. The van der Waals surface area contributed by atoms with E-state index in [1.54, 1.807) is 11.7 Å². The van der Waals surface area contributed by atoms with E-state index < -0.39 is 5.97 Å². The van der Waals surface area contributed by atoms with Gasteiger partial charge in [-0.15, -0.1) is 0 Å². The molecule has 0 atom stereocenters. The van der Waals surface area contributed by atoms with Gasteiger partial charge in [0.15, 0.2) is 5.15 Å². The minimum absolute atomic E-state index is 0.00657. The molecule has 0 unspecified atom stereocenters. The predicted molar refractivity (Wildman–Crippen MR) is 71.0 cm³/mol. The minimum atomic E-state index is -0.392. The van der Waals surface area contributed by atoms with E-state index in [1.165, 1.54) is 7.11 Å². The number of esters is 1. The monoisotopic (exact) mass is 282 g/mol. The number of aromatic nitrogens is 4. The Morgan fingerprint density at radius 2 is 2.16 bits per heavy atom. The summed E-state index contributed by atoms with van der Waals surface area (Å²) in [5.41, 5.74) is 2.28. The summed E-state index contributed by atoms with van der Waals surface area (Å²) in [7, 11) is 3.13. The molecule has 0 radical (unpaired) electrons. The van der Waals surface area contributed by atoms with Gasteiger partial charge < -0.3 is 4.74 Å². The fourth-order valence-corrected chi connectivity index (χ4v) is 2.23. The van der Waals surface area contributed by atoms with Crippen molar-refractivity contribution < 1.29 is 9.53 Å². The highest BCUT2D eigenvalue weighted by atomic mass is 35.5. The van der Waals surface area contributed by atoms with Crippen LogP contribution in [0.25, 0.3) is 11.0 Å². The van der Waals surface area contributed by atoms with Crippen LogP contribution in [-0.2, 0) is 29.4 Å². The Morgan fingerprint density at radius 1 is 1.42 bits per heavy atom. The van der Waals surface area contributed by atoms with Gasteiger partial charge >= 0.3 is 5.97 Å². The van der Waals surface area contributed by atoms with Gasteiger partial charge in [0.05, 0.1) is 12.8 Å². The quantitative estimate of drug-likeness (QED) is 0.630. The highest BCUT2D eigenvalue weighted by Crippen LogP contribution is 2.23. The van der Waals surface area contributed by atoms with Crippen LogP contribution in [0, 0.1) is 0 Å². The van der Waals surface area contributed by atoms with Crippen molar-refractivity contribution in [2.24, 2.45) is 7.05 Å². The molecule has 102 valence electrons. The number of hydrogen-bond acceptors (Lipinski definition) is 5. The zero-order chi connectivity index (χ0) is 14.0. The number of carbonyl (C=O) groups is 1. The molecule has 0 aliphatic heterocycles. The van der Waals surface area contributed by atoms with E-state index in [9.17, 15) is 4.79 Å². The summed E-state index contributed by atoms with van der Waals surface area (Å²) in [5.74, 6) is -0.0361. The summed E-state index contributed by atoms with van der Waals surface area (Å²) >= 11 is 6.14. The van der Waals surface area contributed by atoms with Gasteiger partial charge in [-0.2, -0.15) is 5.10 Å². The molecule has 2 aromatic rings. The Labute approximate surface area is 115 Å². The molecule has 19 heavy (non-hydrogen) atoms. The second-order valence-corrected chi connectivity index (χ2v) is 4.56. The average Bonchev–Trinajstić information content (AvgIpc) is 2.67. The van der Waals surface area contributed by atoms with Crippen molar-refractivity contribution in [3.63, 3.8) is 0 Å². The highest BCUT2D eigenvalue weighted by molar-refractivity contribution is 6.33. The molecule has 0 aliphatic carbocycles. The summed E-state index contributed by atoms with van der Waals surface area (Å²) in [4.78, 5) is 19.8. The first-order valence-electron chi connectivity index (χ1n) is 6.01. The van der Waals surface area contributed by atoms with Crippen LogP contribution in [0.4, 0.5) is 0 Å². The summed E-state index contributed by atoms with van der Waals surface area (Å²) in [6.07, 6.45) is 1.77. The number of carbonyl (C=O) groups excluding carboxylic acids is 1. The number of halogens is 1. The molecule has 0 bridgehead atoms. The maximum Gasteiger partial charge on any atom is 0.313 e. The number of hydrogen-bond donors (Lipinski definition) is 0. The topological polar surface area (TPSA) is 69.9 Å². The highest BCUT2D eigenvalue weighted by Gasteiger charge is 2.17. The van der Waals surface area contributed by atoms with Gasteiger partial charge in [-0.3, -0.25) is 9.48 Å². The minimum Gasteiger partial charge on any atom is -0.469 e. The molecule has 0 aromatic carbocycles. The number of methoxy groups -OCH3 is 1. The lowest BCUT2D eigenvalue weighted by Crippen LogP contribution is -2.08. The van der Waals surface area contributed by atoms with E-state index >= 15 is 0 Å². The number of fused-ring (bicyclic) bond motifs is 1. The number of ether oxygens (including phenoxy) is 1. The third kappa shape index (κ3) is 2.68. The van der Waals surface area contributed by atoms with Crippen LogP contribution in [0.5, 0.6) is 0 Å². The lowest BCUT2D eigenvalue weighted by atomic mass is 10.2. The first kappa shape index (κ1) is 13.7. The Bertz CT molecular complexity index is 624. The molecule has 0 N–H and O–H groups in total. The molecule has 7 heteroatoms. The second-order valence-electron chi connectivity index (χ2n) is 4.20. The molecule has 0 aliphatic rings. The van der Waals surface area contributed by atoms with Crippen molar-refractivity contribution in [3.8, 4) is 0 Å². The molecule has 2 rings (SSSR count). The molecule has 0 fully saturated rings. The van der Waals surface area contributed by atoms with Gasteiger partial charge in [-0.25, -0.2) is 9.97 Å². The number of rotatable bonds is 4. The third-order valence-electron chi connectivity index (χ3n) is 2.77. The van der Waals surface area contributed by atoms with Gasteiger partial charge in [0.1, 0.15) is 23.3 Å². The van der Waals surface area contributed by atoms with Gasteiger partial charge in [0.2, 0.25) is 0 Å². The van der Waals surface area contributed by atoms with Crippen LogP contribution in [0.2, 0.25) is 5.15 Å². The SMILES string of the molecule is CCCc1nn(C)c2c(Cl)nc(CC(=O)OC)nc12. The molecule has 0 amide bonds. The Kier molecular flexibility index (Phi) is 3.99. The van der Waals surface area contributed by atoms with E-state index in [-0.39, 0.29) is 6.42 Å².